The van der Waals surface area contributed by atoms with Crippen LogP contribution in [0.5, 0.6) is 0 Å². The monoisotopic (exact) mass is 350 g/mol. The van der Waals surface area contributed by atoms with Crippen LogP contribution in [0.15, 0.2) is 53.1 Å². The minimum absolute atomic E-state index is 0.168. The first-order chi connectivity index (χ1) is 12.6. The van der Waals surface area contributed by atoms with Gasteiger partial charge in [0.1, 0.15) is 0 Å². The number of amides is 2. The fourth-order valence-corrected chi connectivity index (χ4v) is 2.65. The van der Waals surface area contributed by atoms with E-state index in [0.29, 0.717) is 30.4 Å². The maximum Gasteiger partial charge on any atom is 0.326 e. The number of nitrogens with zero attached hydrogens (tertiary/aromatic N) is 3. The molecule has 0 saturated heterocycles. The summed E-state index contributed by atoms with van der Waals surface area (Å²) >= 11 is 0. The standard InChI is InChI=1S/C20H22N4O2/c1-4-18-22-19(23-26-18)15-9-11-16(12-10-15)21-20(25)24(5-2)17-8-6-7-14(3)13-17/h6-13H,4-5H2,1-3H3,(H,21,25). The first-order valence-corrected chi connectivity index (χ1v) is 8.69. The highest BCUT2D eigenvalue weighted by Gasteiger charge is 2.14. The lowest BCUT2D eigenvalue weighted by molar-refractivity contribution is 0.257. The van der Waals surface area contributed by atoms with Crippen molar-refractivity contribution in [1.29, 1.82) is 0 Å². The fraction of sp³-hybridized carbons (Fsp3) is 0.250. The Bertz CT molecular complexity index is 887. The SMILES string of the molecule is CCc1nc(-c2ccc(NC(=O)N(CC)c3cccc(C)c3)cc2)no1. The summed E-state index contributed by atoms with van der Waals surface area (Å²) in [5, 5.41) is 6.88. The molecule has 0 aliphatic heterocycles. The molecule has 0 aliphatic carbocycles. The van der Waals surface area contributed by atoms with Gasteiger partial charge in [0.25, 0.3) is 0 Å². The molecule has 0 aliphatic rings. The van der Waals surface area contributed by atoms with Gasteiger partial charge in [0.15, 0.2) is 0 Å². The Morgan fingerprint density at radius 3 is 2.54 bits per heavy atom. The molecule has 0 radical (unpaired) electrons. The van der Waals surface area contributed by atoms with Crippen molar-refractivity contribution in [3.8, 4) is 11.4 Å². The largest absolute Gasteiger partial charge is 0.339 e. The molecule has 26 heavy (non-hydrogen) atoms. The lowest BCUT2D eigenvalue weighted by Gasteiger charge is -2.22. The van der Waals surface area contributed by atoms with Gasteiger partial charge in [-0.15, -0.1) is 0 Å². The third-order valence-corrected chi connectivity index (χ3v) is 4.04. The van der Waals surface area contributed by atoms with Crippen LogP contribution in [-0.2, 0) is 6.42 Å². The number of urea groups is 1. The van der Waals surface area contributed by atoms with Crippen molar-refractivity contribution in [1.82, 2.24) is 10.1 Å². The number of hydrogen-bond donors (Lipinski definition) is 1. The van der Waals surface area contributed by atoms with E-state index in [2.05, 4.69) is 15.5 Å². The van der Waals surface area contributed by atoms with Gasteiger partial charge in [-0.3, -0.25) is 4.90 Å². The van der Waals surface area contributed by atoms with Crippen LogP contribution in [0, 0.1) is 6.92 Å². The summed E-state index contributed by atoms with van der Waals surface area (Å²) in [6.45, 7) is 6.50. The Morgan fingerprint density at radius 1 is 1.15 bits per heavy atom. The van der Waals surface area contributed by atoms with E-state index in [0.717, 1.165) is 16.8 Å². The maximum absolute atomic E-state index is 12.6. The quantitative estimate of drug-likeness (QED) is 0.726. The number of anilines is 2. The number of carbonyl (C=O) groups is 1. The highest BCUT2D eigenvalue weighted by Crippen LogP contribution is 2.21. The van der Waals surface area contributed by atoms with Crippen molar-refractivity contribution < 1.29 is 9.32 Å². The lowest BCUT2D eigenvalue weighted by atomic mass is 10.2. The van der Waals surface area contributed by atoms with E-state index in [1.54, 1.807) is 4.90 Å². The first kappa shape index (κ1) is 17.7. The van der Waals surface area contributed by atoms with Gasteiger partial charge >= 0.3 is 6.03 Å². The summed E-state index contributed by atoms with van der Waals surface area (Å²) < 4.78 is 5.13. The van der Waals surface area contributed by atoms with E-state index in [9.17, 15) is 4.79 Å². The van der Waals surface area contributed by atoms with E-state index in [1.807, 2.05) is 69.3 Å². The third-order valence-electron chi connectivity index (χ3n) is 4.04. The summed E-state index contributed by atoms with van der Waals surface area (Å²) in [4.78, 5) is 18.6. The smallest absolute Gasteiger partial charge is 0.326 e. The Morgan fingerprint density at radius 2 is 1.92 bits per heavy atom. The molecule has 0 spiro atoms. The molecule has 0 atom stereocenters. The second-order valence-corrected chi connectivity index (χ2v) is 5.96. The minimum atomic E-state index is -0.168. The van der Waals surface area contributed by atoms with Gasteiger partial charge in [-0.2, -0.15) is 4.98 Å². The van der Waals surface area contributed by atoms with Gasteiger partial charge in [0.2, 0.25) is 11.7 Å². The highest BCUT2D eigenvalue weighted by atomic mass is 16.5. The number of hydrogen-bond acceptors (Lipinski definition) is 4. The maximum atomic E-state index is 12.6. The summed E-state index contributed by atoms with van der Waals surface area (Å²) in [5.74, 6) is 1.16. The molecule has 3 aromatic rings. The van der Waals surface area contributed by atoms with Gasteiger partial charge in [-0.1, -0.05) is 24.2 Å². The van der Waals surface area contributed by atoms with Gasteiger partial charge in [-0.05, 0) is 55.8 Å². The molecule has 6 nitrogen and oxygen atoms in total. The predicted molar refractivity (Wildman–Crippen MR) is 102 cm³/mol. The van der Waals surface area contributed by atoms with Crippen molar-refractivity contribution in [2.75, 3.05) is 16.8 Å². The molecule has 134 valence electrons. The number of carbonyl (C=O) groups excluding carboxylic acids is 1. The molecular formula is C20H22N4O2. The predicted octanol–water partition coefficient (Wildman–Crippen LogP) is 4.67. The molecule has 2 aromatic carbocycles. The molecule has 1 heterocycles. The van der Waals surface area contributed by atoms with Gasteiger partial charge in [0, 0.05) is 29.9 Å². The normalized spacial score (nSPS) is 10.6. The second kappa shape index (κ2) is 7.82. The van der Waals surface area contributed by atoms with Crippen LogP contribution in [0.4, 0.5) is 16.2 Å². The van der Waals surface area contributed by atoms with Gasteiger partial charge in [0.05, 0.1) is 0 Å². The Labute approximate surface area is 152 Å². The number of aryl methyl sites for hydroxylation is 2. The number of nitrogens with one attached hydrogen (secondary N) is 1. The lowest BCUT2D eigenvalue weighted by Crippen LogP contribution is -2.34. The highest BCUT2D eigenvalue weighted by molar-refractivity contribution is 6.01. The van der Waals surface area contributed by atoms with Crippen LogP contribution in [-0.4, -0.2) is 22.7 Å². The minimum Gasteiger partial charge on any atom is -0.339 e. The zero-order chi connectivity index (χ0) is 18.5. The average molecular weight is 350 g/mol. The van der Waals surface area contributed by atoms with Crippen LogP contribution in [0.25, 0.3) is 11.4 Å². The molecule has 0 bridgehead atoms. The van der Waals surface area contributed by atoms with Crippen LogP contribution in [0.2, 0.25) is 0 Å². The second-order valence-electron chi connectivity index (χ2n) is 5.96. The zero-order valence-corrected chi connectivity index (χ0v) is 15.2. The summed E-state index contributed by atoms with van der Waals surface area (Å²) in [6.07, 6.45) is 0.701. The van der Waals surface area contributed by atoms with E-state index in [-0.39, 0.29) is 6.03 Å². The molecular weight excluding hydrogens is 328 g/mol. The van der Waals surface area contributed by atoms with Gasteiger partial charge in [-0.25, -0.2) is 4.79 Å². The molecule has 1 aromatic heterocycles. The Balaban J connectivity index is 1.72. The summed E-state index contributed by atoms with van der Waals surface area (Å²) in [6, 6.07) is 15.1. The molecule has 0 saturated carbocycles. The van der Waals surface area contributed by atoms with Crippen LogP contribution >= 0.6 is 0 Å². The van der Waals surface area contributed by atoms with Crippen molar-refractivity contribution in [2.24, 2.45) is 0 Å². The molecule has 0 unspecified atom stereocenters. The topological polar surface area (TPSA) is 71.3 Å². The van der Waals surface area contributed by atoms with Crippen molar-refractivity contribution >= 4 is 17.4 Å². The molecule has 2 amide bonds. The van der Waals surface area contributed by atoms with Crippen molar-refractivity contribution in [3.05, 3.63) is 60.0 Å². The third kappa shape index (κ3) is 3.91. The Hall–Kier alpha value is -3.15. The number of rotatable bonds is 5. The zero-order valence-electron chi connectivity index (χ0n) is 15.2. The fourth-order valence-electron chi connectivity index (χ4n) is 2.65. The average Bonchev–Trinajstić information content (AvgIpc) is 3.12. The van der Waals surface area contributed by atoms with Gasteiger partial charge < -0.3 is 9.84 Å². The van der Waals surface area contributed by atoms with Crippen molar-refractivity contribution in [3.63, 3.8) is 0 Å². The van der Waals surface area contributed by atoms with Crippen molar-refractivity contribution in [2.45, 2.75) is 27.2 Å². The molecule has 1 N–H and O–H groups in total. The summed E-state index contributed by atoms with van der Waals surface area (Å²) in [7, 11) is 0. The van der Waals surface area contributed by atoms with Crippen LogP contribution in [0.3, 0.4) is 0 Å². The van der Waals surface area contributed by atoms with Crippen LogP contribution in [0.1, 0.15) is 25.3 Å². The van der Waals surface area contributed by atoms with E-state index < -0.39 is 0 Å². The first-order valence-electron chi connectivity index (χ1n) is 8.69. The molecule has 3 rings (SSSR count). The molecule has 0 fully saturated rings. The van der Waals surface area contributed by atoms with E-state index in [4.69, 9.17) is 4.52 Å². The van der Waals surface area contributed by atoms with E-state index in [1.165, 1.54) is 0 Å². The Kier molecular flexibility index (Phi) is 5.31. The summed E-state index contributed by atoms with van der Waals surface area (Å²) in [5.41, 5.74) is 3.55. The number of benzene rings is 2. The molecule has 6 heteroatoms. The number of aromatic nitrogens is 2. The van der Waals surface area contributed by atoms with E-state index >= 15 is 0 Å². The van der Waals surface area contributed by atoms with Crippen LogP contribution < -0.4 is 10.2 Å².